The molecule has 1 aromatic carbocycles. The smallest absolute Gasteiger partial charge is 0.320 e. The Morgan fingerprint density at radius 1 is 1.43 bits per heavy atom. The highest BCUT2D eigenvalue weighted by Gasteiger charge is 2.17. The first kappa shape index (κ1) is 15.4. The normalized spacial score (nSPS) is 12.8. The number of carbonyl (C=O) groups excluding carboxylic acids is 1. The lowest BCUT2D eigenvalue weighted by Gasteiger charge is -2.11. The van der Waals surface area contributed by atoms with Gasteiger partial charge in [-0.15, -0.1) is 0 Å². The molecule has 0 aliphatic carbocycles. The van der Waals surface area contributed by atoms with Crippen molar-refractivity contribution in [1.82, 2.24) is 14.9 Å². The fraction of sp³-hybridized carbons (Fsp3) is 0.429. The van der Waals surface area contributed by atoms with Gasteiger partial charge in [0.1, 0.15) is 5.82 Å². The van der Waals surface area contributed by atoms with E-state index in [1.54, 1.807) is 31.2 Å². The van der Waals surface area contributed by atoms with Crippen LogP contribution < -0.4 is 11.1 Å². The van der Waals surface area contributed by atoms with E-state index in [9.17, 15) is 13.6 Å². The molecule has 114 valence electrons. The maximum Gasteiger partial charge on any atom is 0.320 e. The van der Waals surface area contributed by atoms with Gasteiger partial charge in [0, 0.05) is 25.4 Å². The van der Waals surface area contributed by atoms with Gasteiger partial charge in [0.25, 0.3) is 0 Å². The van der Waals surface area contributed by atoms with Crippen molar-refractivity contribution in [2.75, 3.05) is 13.1 Å². The number of carbonyl (C=O) groups is 1. The summed E-state index contributed by atoms with van der Waals surface area (Å²) in [7, 11) is 0. The molecule has 3 N–H and O–H groups in total. The minimum absolute atomic E-state index is 0.183. The minimum atomic E-state index is -2.66. The van der Waals surface area contributed by atoms with E-state index in [2.05, 4.69) is 10.3 Å². The lowest BCUT2D eigenvalue weighted by molar-refractivity contribution is -0.124. The number of para-hydroxylation sites is 2. The third kappa shape index (κ3) is 3.36. The van der Waals surface area contributed by atoms with Gasteiger partial charge in [-0.1, -0.05) is 19.1 Å². The topological polar surface area (TPSA) is 72.9 Å². The number of hydrogen-bond donors (Lipinski definition) is 2. The number of fused-ring (bicyclic) bond motifs is 1. The standard InChI is InChI=1S/C14H18F2N4O/c1-9(8-17)13(21)18-7-6-12-19-10-4-2-3-5-11(10)20(12)14(15)16/h2-5,9,14H,6-8,17H2,1H3,(H,18,21). The largest absolute Gasteiger partial charge is 0.355 e. The van der Waals surface area contributed by atoms with Crippen LogP contribution in [-0.2, 0) is 11.2 Å². The second kappa shape index (κ2) is 6.62. The molecule has 0 bridgehead atoms. The molecule has 0 fully saturated rings. The van der Waals surface area contributed by atoms with Gasteiger partial charge in [-0.3, -0.25) is 9.36 Å². The number of nitrogens with one attached hydrogen (secondary N) is 1. The third-order valence-electron chi connectivity index (χ3n) is 3.31. The van der Waals surface area contributed by atoms with Crippen LogP contribution in [0.25, 0.3) is 11.0 Å². The van der Waals surface area contributed by atoms with Gasteiger partial charge in [0.15, 0.2) is 0 Å². The summed E-state index contributed by atoms with van der Waals surface area (Å²) in [5, 5.41) is 2.68. The van der Waals surface area contributed by atoms with Crippen molar-refractivity contribution in [2.24, 2.45) is 11.7 Å². The van der Waals surface area contributed by atoms with Crippen molar-refractivity contribution >= 4 is 16.9 Å². The van der Waals surface area contributed by atoms with Crippen LogP contribution in [0.3, 0.4) is 0 Å². The monoisotopic (exact) mass is 296 g/mol. The minimum Gasteiger partial charge on any atom is -0.355 e. The van der Waals surface area contributed by atoms with Crippen LogP contribution >= 0.6 is 0 Å². The Balaban J connectivity index is 2.11. The quantitative estimate of drug-likeness (QED) is 0.852. The molecule has 7 heteroatoms. The SMILES string of the molecule is CC(CN)C(=O)NCCc1nc2ccccc2n1C(F)F. The van der Waals surface area contributed by atoms with Gasteiger partial charge in [0.2, 0.25) is 5.91 Å². The Kier molecular flexibility index (Phi) is 4.85. The number of halogens is 2. The number of alkyl halides is 2. The first-order valence-corrected chi connectivity index (χ1v) is 6.76. The molecule has 1 heterocycles. The molecule has 0 radical (unpaired) electrons. The number of aromatic nitrogens is 2. The van der Waals surface area contributed by atoms with E-state index in [1.807, 2.05) is 0 Å². The van der Waals surface area contributed by atoms with Gasteiger partial charge in [-0.25, -0.2) is 4.98 Å². The molecule has 0 aliphatic rings. The van der Waals surface area contributed by atoms with Gasteiger partial charge < -0.3 is 11.1 Å². The van der Waals surface area contributed by atoms with Crippen molar-refractivity contribution in [3.8, 4) is 0 Å². The molecule has 1 unspecified atom stereocenters. The van der Waals surface area contributed by atoms with Crippen LogP contribution in [0.15, 0.2) is 24.3 Å². The van der Waals surface area contributed by atoms with Crippen molar-refractivity contribution in [3.05, 3.63) is 30.1 Å². The maximum atomic E-state index is 13.2. The second-order valence-electron chi connectivity index (χ2n) is 4.84. The number of nitrogens with zero attached hydrogens (tertiary/aromatic N) is 2. The average Bonchev–Trinajstić information content (AvgIpc) is 2.84. The summed E-state index contributed by atoms with van der Waals surface area (Å²) < 4.78 is 27.3. The third-order valence-corrected chi connectivity index (χ3v) is 3.31. The molecular formula is C14H18F2N4O. The molecule has 1 amide bonds. The summed E-state index contributed by atoms with van der Waals surface area (Å²) in [5.74, 6) is -0.219. The Bertz CT molecular complexity index is 626. The van der Waals surface area contributed by atoms with Crippen LogP contribution in [0.5, 0.6) is 0 Å². The number of hydrogen-bond acceptors (Lipinski definition) is 3. The lowest BCUT2D eigenvalue weighted by Crippen LogP contribution is -2.34. The predicted octanol–water partition coefficient (Wildman–Crippen LogP) is 1.68. The fourth-order valence-corrected chi connectivity index (χ4v) is 2.07. The summed E-state index contributed by atoms with van der Waals surface area (Å²) >= 11 is 0. The zero-order chi connectivity index (χ0) is 15.4. The Hall–Kier alpha value is -2.02. The fourth-order valence-electron chi connectivity index (χ4n) is 2.07. The zero-order valence-corrected chi connectivity index (χ0v) is 11.7. The molecule has 2 rings (SSSR count). The molecular weight excluding hydrogens is 278 g/mol. The zero-order valence-electron chi connectivity index (χ0n) is 11.7. The van der Waals surface area contributed by atoms with Gasteiger partial charge in [-0.05, 0) is 12.1 Å². The van der Waals surface area contributed by atoms with Crippen LogP contribution in [0.1, 0.15) is 19.3 Å². The summed E-state index contributed by atoms with van der Waals surface area (Å²) in [6.45, 7) is -0.448. The number of rotatable bonds is 6. The summed E-state index contributed by atoms with van der Waals surface area (Å²) in [6.07, 6.45) is 0.238. The summed E-state index contributed by atoms with van der Waals surface area (Å²) in [5.41, 5.74) is 6.31. The highest BCUT2D eigenvalue weighted by atomic mass is 19.3. The average molecular weight is 296 g/mol. The molecule has 0 spiro atoms. The Morgan fingerprint density at radius 2 is 2.14 bits per heavy atom. The van der Waals surface area contributed by atoms with Gasteiger partial charge >= 0.3 is 6.55 Å². The van der Waals surface area contributed by atoms with E-state index in [1.165, 1.54) is 0 Å². The number of benzene rings is 1. The van der Waals surface area contributed by atoms with Crippen molar-refractivity contribution < 1.29 is 13.6 Å². The Labute approximate surface area is 121 Å². The Morgan fingerprint density at radius 3 is 2.81 bits per heavy atom. The van der Waals surface area contributed by atoms with E-state index in [-0.39, 0.29) is 37.2 Å². The molecule has 0 saturated carbocycles. The highest BCUT2D eigenvalue weighted by molar-refractivity contribution is 5.78. The van der Waals surface area contributed by atoms with Gasteiger partial charge in [-0.2, -0.15) is 8.78 Å². The molecule has 1 atom stereocenters. The van der Waals surface area contributed by atoms with Crippen molar-refractivity contribution in [3.63, 3.8) is 0 Å². The van der Waals surface area contributed by atoms with Crippen LogP contribution in [-0.4, -0.2) is 28.5 Å². The predicted molar refractivity (Wildman–Crippen MR) is 75.9 cm³/mol. The molecule has 0 saturated heterocycles. The van der Waals surface area contributed by atoms with Crippen LogP contribution in [0, 0.1) is 5.92 Å². The highest BCUT2D eigenvalue weighted by Crippen LogP contribution is 2.23. The number of nitrogens with two attached hydrogens (primary N) is 1. The molecule has 5 nitrogen and oxygen atoms in total. The first-order valence-electron chi connectivity index (χ1n) is 6.76. The molecule has 21 heavy (non-hydrogen) atoms. The van der Waals surface area contributed by atoms with E-state index < -0.39 is 6.55 Å². The number of imidazole rings is 1. The van der Waals surface area contributed by atoms with E-state index in [4.69, 9.17) is 5.73 Å². The molecule has 0 aliphatic heterocycles. The van der Waals surface area contributed by atoms with Gasteiger partial charge in [0.05, 0.1) is 11.0 Å². The van der Waals surface area contributed by atoms with E-state index in [0.29, 0.717) is 11.0 Å². The van der Waals surface area contributed by atoms with E-state index >= 15 is 0 Å². The molecule has 1 aromatic heterocycles. The summed E-state index contributed by atoms with van der Waals surface area (Å²) in [4.78, 5) is 15.8. The molecule has 2 aromatic rings. The van der Waals surface area contributed by atoms with Crippen LogP contribution in [0.2, 0.25) is 0 Å². The van der Waals surface area contributed by atoms with Crippen LogP contribution in [0.4, 0.5) is 8.78 Å². The van der Waals surface area contributed by atoms with Crippen molar-refractivity contribution in [1.29, 1.82) is 0 Å². The second-order valence-corrected chi connectivity index (χ2v) is 4.84. The summed E-state index contributed by atoms with van der Waals surface area (Å²) in [6, 6.07) is 6.73. The van der Waals surface area contributed by atoms with E-state index in [0.717, 1.165) is 4.57 Å². The number of amides is 1. The maximum absolute atomic E-state index is 13.2. The lowest BCUT2D eigenvalue weighted by atomic mass is 10.2. The first-order chi connectivity index (χ1) is 10.0. The van der Waals surface area contributed by atoms with Crippen molar-refractivity contribution in [2.45, 2.75) is 19.9 Å².